The minimum atomic E-state index is -0.815. The van der Waals surface area contributed by atoms with E-state index in [-0.39, 0.29) is 0 Å². The molecule has 2 N–H and O–H groups in total. The quantitative estimate of drug-likeness (QED) is 0.768. The summed E-state index contributed by atoms with van der Waals surface area (Å²) < 4.78 is 0. The van der Waals surface area contributed by atoms with Crippen molar-refractivity contribution >= 4 is 12.7 Å². The third-order valence-corrected chi connectivity index (χ3v) is 5.80. The lowest BCUT2D eigenvalue weighted by molar-refractivity contribution is 0.0695. The molecule has 2 aromatic carbocycles. The van der Waals surface area contributed by atoms with E-state index in [1.54, 1.807) is 6.07 Å². The van der Waals surface area contributed by atoms with Gasteiger partial charge < -0.3 is 10.4 Å². The number of rotatable bonds is 1. The lowest BCUT2D eigenvalue weighted by Crippen LogP contribution is -2.42. The number of benzene rings is 2. The third kappa shape index (κ3) is 3.65. The molecule has 3 aliphatic heterocycles. The number of fused-ring (bicyclic) bond motifs is 3. The molecule has 0 saturated carbocycles. The molecule has 0 amide bonds. The van der Waals surface area contributed by atoms with Crippen LogP contribution in [0, 0.1) is 6.92 Å². The van der Waals surface area contributed by atoms with Crippen LogP contribution >= 0.6 is 0 Å². The molecule has 0 bridgehead atoms. The van der Waals surface area contributed by atoms with E-state index in [1.165, 1.54) is 22.3 Å². The molecule has 1 unspecified atom stereocenters. The van der Waals surface area contributed by atoms with Gasteiger partial charge in [0, 0.05) is 19.0 Å². The lowest BCUT2D eigenvalue weighted by Gasteiger charge is -2.26. The molecule has 5 heteroatoms. The Hall–Kier alpha value is -2.53. The molecular weight excluding hydrogens is 335 g/mol. The molecule has 0 aromatic heterocycles. The van der Waals surface area contributed by atoms with Gasteiger partial charge in [0.15, 0.2) is 6.71 Å². The van der Waals surface area contributed by atoms with Crippen molar-refractivity contribution in [2.45, 2.75) is 38.7 Å². The standard InChI is InChI=1S/C12H12BNO2.C10H13N/c15-12(16)9-3-1-2-8-6-11-13(4-5-14-11)7-10(8)9;1-8-3-4-9-6-11(2)7-10(9)5-8/h1-5,11,14H,6-7H2,(H,15,16);3-5H,6-7H2,1-2H3. The van der Waals surface area contributed by atoms with Gasteiger partial charge in [0.2, 0.25) is 0 Å². The summed E-state index contributed by atoms with van der Waals surface area (Å²) in [5.41, 5.74) is 7.04. The van der Waals surface area contributed by atoms with E-state index in [9.17, 15) is 4.79 Å². The van der Waals surface area contributed by atoms with Crippen molar-refractivity contribution < 1.29 is 9.90 Å². The van der Waals surface area contributed by atoms with Crippen molar-refractivity contribution in [1.82, 2.24) is 10.2 Å². The summed E-state index contributed by atoms with van der Waals surface area (Å²) in [5, 5.41) is 12.5. The normalized spacial score (nSPS) is 19.5. The molecule has 5 rings (SSSR count). The molecule has 0 radical (unpaired) electrons. The van der Waals surface area contributed by atoms with Crippen molar-refractivity contribution in [1.29, 1.82) is 0 Å². The summed E-state index contributed by atoms with van der Waals surface area (Å²) in [5.74, 6) is 1.79. The SMILES string of the molecule is Cc1ccc2c(c1)CN(C)C2.O=C(O)c1cccc2c1CB1C=CNC1C2. The predicted molar refractivity (Wildman–Crippen MR) is 109 cm³/mol. The molecule has 138 valence electrons. The van der Waals surface area contributed by atoms with Gasteiger partial charge in [-0.05, 0) is 61.2 Å². The fourth-order valence-electron chi connectivity index (χ4n) is 4.41. The van der Waals surface area contributed by atoms with Crippen molar-refractivity contribution in [3.63, 3.8) is 0 Å². The first-order chi connectivity index (χ1) is 13.0. The molecule has 3 heterocycles. The van der Waals surface area contributed by atoms with Gasteiger partial charge in [-0.1, -0.05) is 41.9 Å². The van der Waals surface area contributed by atoms with Gasteiger partial charge in [0.05, 0.1) is 5.56 Å². The van der Waals surface area contributed by atoms with Crippen molar-refractivity contribution in [3.8, 4) is 0 Å². The molecule has 4 nitrogen and oxygen atoms in total. The van der Waals surface area contributed by atoms with Crippen LogP contribution < -0.4 is 5.32 Å². The van der Waals surface area contributed by atoms with Crippen LogP contribution in [0.3, 0.4) is 0 Å². The van der Waals surface area contributed by atoms with E-state index in [1.807, 2.05) is 18.3 Å². The maximum atomic E-state index is 11.1. The summed E-state index contributed by atoms with van der Waals surface area (Å²) in [4.78, 5) is 13.5. The van der Waals surface area contributed by atoms with Crippen LogP contribution in [0.1, 0.15) is 38.2 Å². The van der Waals surface area contributed by atoms with Crippen LogP contribution in [0.25, 0.3) is 0 Å². The van der Waals surface area contributed by atoms with Crippen LogP contribution in [-0.2, 0) is 25.8 Å². The maximum absolute atomic E-state index is 11.1. The minimum absolute atomic E-state index is 0.452. The highest BCUT2D eigenvalue weighted by atomic mass is 16.4. The number of carbonyl (C=O) groups is 1. The highest BCUT2D eigenvalue weighted by Crippen LogP contribution is 2.26. The Morgan fingerprint density at radius 2 is 2.00 bits per heavy atom. The number of nitrogens with one attached hydrogen (secondary N) is 1. The van der Waals surface area contributed by atoms with Gasteiger partial charge in [0.25, 0.3) is 0 Å². The molecular formula is C22H25BN2O2. The van der Waals surface area contributed by atoms with E-state index in [0.29, 0.717) is 18.2 Å². The number of nitrogens with zero attached hydrogens (tertiary/aromatic N) is 1. The van der Waals surface area contributed by atoms with Gasteiger partial charge in [0.1, 0.15) is 0 Å². The van der Waals surface area contributed by atoms with Gasteiger partial charge in [-0.25, -0.2) is 4.79 Å². The molecule has 27 heavy (non-hydrogen) atoms. The Morgan fingerprint density at radius 3 is 2.81 bits per heavy atom. The van der Waals surface area contributed by atoms with Crippen LogP contribution in [-0.4, -0.2) is 35.7 Å². The number of aromatic carboxylic acids is 1. The second-order valence-corrected chi connectivity index (χ2v) is 7.90. The Balaban J connectivity index is 0.000000143. The number of aryl methyl sites for hydroxylation is 1. The van der Waals surface area contributed by atoms with Crippen molar-refractivity contribution in [3.05, 3.63) is 82.0 Å². The monoisotopic (exact) mass is 360 g/mol. The third-order valence-electron chi connectivity index (χ3n) is 5.80. The van der Waals surface area contributed by atoms with E-state index in [4.69, 9.17) is 5.11 Å². The first kappa shape index (κ1) is 17.9. The molecule has 0 saturated heterocycles. The number of carboxylic acids is 1. The first-order valence-corrected chi connectivity index (χ1v) is 9.55. The van der Waals surface area contributed by atoms with Crippen molar-refractivity contribution in [2.24, 2.45) is 0 Å². The Labute approximate surface area is 161 Å². The largest absolute Gasteiger partial charge is 0.478 e. The van der Waals surface area contributed by atoms with Gasteiger partial charge in [-0.2, -0.15) is 0 Å². The second kappa shape index (κ2) is 7.24. The lowest BCUT2D eigenvalue weighted by atomic mass is 9.39. The van der Waals surface area contributed by atoms with Gasteiger partial charge in [-0.15, -0.1) is 0 Å². The van der Waals surface area contributed by atoms with E-state index >= 15 is 0 Å². The smallest absolute Gasteiger partial charge is 0.335 e. The summed E-state index contributed by atoms with van der Waals surface area (Å²) >= 11 is 0. The molecule has 1 atom stereocenters. The Kier molecular flexibility index (Phi) is 4.79. The zero-order valence-corrected chi connectivity index (χ0v) is 15.9. The number of hydrogen-bond donors (Lipinski definition) is 2. The number of carboxylic acid groups (broad SMARTS) is 1. The van der Waals surface area contributed by atoms with E-state index < -0.39 is 5.97 Å². The molecule has 0 fully saturated rings. The fraction of sp³-hybridized carbons (Fsp3) is 0.318. The van der Waals surface area contributed by atoms with E-state index in [2.05, 4.69) is 48.4 Å². The first-order valence-electron chi connectivity index (χ1n) is 9.55. The summed E-state index contributed by atoms with van der Waals surface area (Å²) in [6.45, 7) is 4.85. The fourth-order valence-corrected chi connectivity index (χ4v) is 4.41. The minimum Gasteiger partial charge on any atom is -0.478 e. The van der Waals surface area contributed by atoms with E-state index in [0.717, 1.165) is 31.4 Å². The van der Waals surface area contributed by atoms with Crippen LogP contribution in [0.15, 0.2) is 48.6 Å². The summed E-state index contributed by atoms with van der Waals surface area (Å²) in [7, 11) is 2.16. The Bertz CT molecular complexity index is 909. The van der Waals surface area contributed by atoms with Crippen LogP contribution in [0.4, 0.5) is 0 Å². The Morgan fingerprint density at radius 1 is 1.19 bits per heavy atom. The van der Waals surface area contributed by atoms with Crippen LogP contribution in [0.5, 0.6) is 0 Å². The highest BCUT2D eigenvalue weighted by Gasteiger charge is 2.33. The zero-order valence-electron chi connectivity index (χ0n) is 15.9. The maximum Gasteiger partial charge on any atom is 0.335 e. The summed E-state index contributed by atoms with van der Waals surface area (Å²) in [6, 6.07) is 12.3. The van der Waals surface area contributed by atoms with Gasteiger partial charge >= 0.3 is 5.97 Å². The zero-order chi connectivity index (χ0) is 19.0. The second-order valence-electron chi connectivity index (χ2n) is 7.90. The average Bonchev–Trinajstić information content (AvgIpc) is 3.24. The van der Waals surface area contributed by atoms with Gasteiger partial charge in [-0.3, -0.25) is 4.90 Å². The average molecular weight is 360 g/mol. The molecule has 2 aromatic rings. The van der Waals surface area contributed by atoms with Crippen LogP contribution in [0.2, 0.25) is 0 Å². The molecule has 3 aliphatic rings. The molecule has 0 aliphatic carbocycles. The molecule has 0 spiro atoms. The predicted octanol–water partition coefficient (Wildman–Crippen LogP) is 3.02. The highest BCUT2D eigenvalue weighted by molar-refractivity contribution is 6.66. The topological polar surface area (TPSA) is 52.6 Å². The van der Waals surface area contributed by atoms with Crippen molar-refractivity contribution in [2.75, 3.05) is 7.05 Å². The number of hydrogen-bond acceptors (Lipinski definition) is 3. The summed E-state index contributed by atoms with van der Waals surface area (Å²) in [6.07, 6.45) is 3.75.